The highest BCUT2D eigenvalue weighted by Crippen LogP contribution is 2.61. The van der Waals surface area contributed by atoms with E-state index in [2.05, 4.69) is 13.5 Å². The third kappa shape index (κ3) is 3.51. The Balaban J connectivity index is 1.63. The number of carbonyl (C=O) groups is 1. The van der Waals surface area contributed by atoms with E-state index in [4.69, 9.17) is 4.74 Å². The second kappa shape index (κ2) is 7.40. The van der Waals surface area contributed by atoms with Crippen molar-refractivity contribution in [2.75, 3.05) is 0 Å². The number of hydrogen-bond acceptors (Lipinski definition) is 2. The summed E-state index contributed by atoms with van der Waals surface area (Å²) in [5, 5.41) is 0. The van der Waals surface area contributed by atoms with Crippen LogP contribution in [0.3, 0.4) is 0 Å². The number of carbonyl (C=O) groups excluding carboxylic acids is 1. The highest BCUT2D eigenvalue weighted by Gasteiger charge is 2.58. The summed E-state index contributed by atoms with van der Waals surface area (Å²) in [5.41, 5.74) is -0.149. The Morgan fingerprint density at radius 1 is 1.00 bits per heavy atom. The maximum atomic E-state index is 12.0. The van der Waals surface area contributed by atoms with Gasteiger partial charge in [0.1, 0.15) is 5.60 Å². The maximum absolute atomic E-state index is 12.0. The molecule has 0 aromatic rings. The molecule has 0 aliphatic heterocycles. The van der Waals surface area contributed by atoms with E-state index in [1.807, 2.05) is 0 Å². The SMILES string of the molecule is C=CC(=O)OC1(CCCCCCCC)C2CC3CC(C2)CC1C3. The van der Waals surface area contributed by atoms with E-state index >= 15 is 0 Å². The lowest BCUT2D eigenvalue weighted by Gasteiger charge is -2.60. The van der Waals surface area contributed by atoms with Crippen molar-refractivity contribution in [1.29, 1.82) is 0 Å². The van der Waals surface area contributed by atoms with E-state index in [1.54, 1.807) is 0 Å². The highest BCUT2D eigenvalue weighted by atomic mass is 16.6. The molecule has 2 heteroatoms. The van der Waals surface area contributed by atoms with Crippen LogP contribution in [0.4, 0.5) is 0 Å². The van der Waals surface area contributed by atoms with E-state index in [-0.39, 0.29) is 11.6 Å². The third-order valence-corrected chi connectivity index (χ3v) is 6.90. The third-order valence-electron chi connectivity index (χ3n) is 6.90. The summed E-state index contributed by atoms with van der Waals surface area (Å²) in [4.78, 5) is 12.0. The molecule has 0 radical (unpaired) electrons. The highest BCUT2D eigenvalue weighted by molar-refractivity contribution is 5.81. The standard InChI is InChI=1S/C21H34O2/c1-3-5-6-7-8-9-10-21(23-20(22)4-2)18-12-16-11-17(14-18)15-19(21)13-16/h4,16-19H,2-3,5-15H2,1H3. The van der Waals surface area contributed by atoms with Crippen LogP contribution in [0.2, 0.25) is 0 Å². The first kappa shape index (κ1) is 17.0. The average molecular weight is 319 g/mol. The molecule has 130 valence electrons. The first-order chi connectivity index (χ1) is 11.2. The van der Waals surface area contributed by atoms with E-state index in [1.165, 1.54) is 76.7 Å². The fraction of sp³-hybridized carbons (Fsp3) is 0.857. The lowest BCUT2D eigenvalue weighted by Crippen LogP contribution is -2.59. The topological polar surface area (TPSA) is 26.3 Å². The minimum atomic E-state index is -0.191. The molecule has 4 fully saturated rings. The molecule has 0 unspecified atom stereocenters. The van der Waals surface area contributed by atoms with Gasteiger partial charge in [-0.3, -0.25) is 0 Å². The monoisotopic (exact) mass is 318 g/mol. The van der Waals surface area contributed by atoms with Crippen molar-refractivity contribution < 1.29 is 9.53 Å². The van der Waals surface area contributed by atoms with Gasteiger partial charge >= 0.3 is 5.97 Å². The van der Waals surface area contributed by atoms with Crippen LogP contribution in [-0.4, -0.2) is 11.6 Å². The van der Waals surface area contributed by atoms with Crippen LogP contribution in [0, 0.1) is 23.7 Å². The Kier molecular flexibility index (Phi) is 5.49. The number of ether oxygens (including phenoxy) is 1. The van der Waals surface area contributed by atoms with Crippen molar-refractivity contribution in [2.24, 2.45) is 23.7 Å². The Hall–Kier alpha value is -0.790. The Bertz CT molecular complexity index is 398. The van der Waals surface area contributed by atoms with E-state index < -0.39 is 0 Å². The molecular formula is C21H34O2. The molecular weight excluding hydrogens is 284 g/mol. The van der Waals surface area contributed by atoms with Gasteiger partial charge < -0.3 is 4.74 Å². The van der Waals surface area contributed by atoms with E-state index in [0.717, 1.165) is 18.3 Å². The van der Waals surface area contributed by atoms with Crippen molar-refractivity contribution in [3.8, 4) is 0 Å². The normalized spacial score (nSPS) is 37.8. The molecule has 0 amide bonds. The van der Waals surface area contributed by atoms with Gasteiger partial charge in [0.25, 0.3) is 0 Å². The van der Waals surface area contributed by atoms with Gasteiger partial charge in [-0.05, 0) is 68.6 Å². The fourth-order valence-electron chi connectivity index (χ4n) is 6.02. The molecule has 0 aromatic carbocycles. The zero-order chi connectivity index (χ0) is 16.3. The predicted octanol–water partition coefficient (Wildman–Crippen LogP) is 5.66. The summed E-state index contributed by atoms with van der Waals surface area (Å²) in [5.74, 6) is 2.88. The summed E-state index contributed by atoms with van der Waals surface area (Å²) >= 11 is 0. The summed E-state index contributed by atoms with van der Waals surface area (Å²) < 4.78 is 6.13. The van der Waals surface area contributed by atoms with Crippen molar-refractivity contribution in [3.63, 3.8) is 0 Å². The first-order valence-electron chi connectivity index (χ1n) is 10.0. The van der Waals surface area contributed by atoms with Gasteiger partial charge in [0.15, 0.2) is 0 Å². The van der Waals surface area contributed by atoms with Gasteiger partial charge in [0.2, 0.25) is 0 Å². The smallest absolute Gasteiger partial charge is 0.330 e. The number of hydrogen-bond donors (Lipinski definition) is 0. The van der Waals surface area contributed by atoms with Crippen molar-refractivity contribution in [1.82, 2.24) is 0 Å². The van der Waals surface area contributed by atoms with Gasteiger partial charge in [-0.1, -0.05) is 45.6 Å². The Labute approximate surface area is 142 Å². The van der Waals surface area contributed by atoms with Crippen LogP contribution >= 0.6 is 0 Å². The summed E-state index contributed by atoms with van der Waals surface area (Å²) in [6.45, 7) is 5.89. The summed E-state index contributed by atoms with van der Waals surface area (Å²) in [6, 6.07) is 0. The molecule has 0 N–H and O–H groups in total. The second-order valence-corrected chi connectivity index (χ2v) is 8.40. The van der Waals surface area contributed by atoms with E-state index in [0.29, 0.717) is 11.8 Å². The summed E-state index contributed by atoms with van der Waals surface area (Å²) in [7, 11) is 0. The Morgan fingerprint density at radius 2 is 1.57 bits per heavy atom. The zero-order valence-electron chi connectivity index (χ0n) is 14.9. The number of rotatable bonds is 9. The molecule has 4 bridgehead atoms. The van der Waals surface area contributed by atoms with Gasteiger partial charge in [0.05, 0.1) is 0 Å². The van der Waals surface area contributed by atoms with Crippen molar-refractivity contribution in [2.45, 2.75) is 89.6 Å². The zero-order valence-corrected chi connectivity index (χ0v) is 14.9. The molecule has 23 heavy (non-hydrogen) atoms. The number of esters is 1. The Morgan fingerprint density at radius 3 is 2.13 bits per heavy atom. The molecule has 4 aliphatic rings. The van der Waals surface area contributed by atoms with E-state index in [9.17, 15) is 4.79 Å². The van der Waals surface area contributed by atoms with Crippen LogP contribution in [-0.2, 0) is 9.53 Å². The minimum Gasteiger partial charge on any atom is -0.455 e. The van der Waals surface area contributed by atoms with Crippen LogP contribution < -0.4 is 0 Å². The molecule has 0 aromatic heterocycles. The molecule has 0 saturated heterocycles. The largest absolute Gasteiger partial charge is 0.455 e. The van der Waals surface area contributed by atoms with Gasteiger partial charge in [-0.25, -0.2) is 4.79 Å². The minimum absolute atomic E-state index is 0.149. The van der Waals surface area contributed by atoms with Crippen LogP contribution in [0.15, 0.2) is 12.7 Å². The van der Waals surface area contributed by atoms with Gasteiger partial charge in [-0.15, -0.1) is 0 Å². The lowest BCUT2D eigenvalue weighted by atomic mass is 9.49. The average Bonchev–Trinajstić information content (AvgIpc) is 2.54. The second-order valence-electron chi connectivity index (χ2n) is 8.40. The predicted molar refractivity (Wildman–Crippen MR) is 94.1 cm³/mol. The van der Waals surface area contributed by atoms with Crippen molar-refractivity contribution in [3.05, 3.63) is 12.7 Å². The van der Waals surface area contributed by atoms with Crippen LogP contribution in [0.5, 0.6) is 0 Å². The quantitative estimate of drug-likeness (QED) is 0.311. The molecule has 4 saturated carbocycles. The lowest BCUT2D eigenvalue weighted by molar-refractivity contribution is -0.208. The fourth-order valence-corrected chi connectivity index (χ4v) is 6.02. The molecule has 4 aliphatic carbocycles. The molecule has 4 rings (SSSR count). The van der Waals surface area contributed by atoms with Crippen molar-refractivity contribution >= 4 is 5.97 Å². The molecule has 0 heterocycles. The first-order valence-corrected chi connectivity index (χ1v) is 10.0. The van der Waals surface area contributed by atoms with Crippen LogP contribution in [0.25, 0.3) is 0 Å². The molecule has 2 nitrogen and oxygen atoms in total. The molecule has 0 atom stereocenters. The number of unbranched alkanes of at least 4 members (excludes halogenated alkanes) is 5. The molecule has 0 spiro atoms. The van der Waals surface area contributed by atoms with Gasteiger partial charge in [0, 0.05) is 6.08 Å². The van der Waals surface area contributed by atoms with Crippen LogP contribution in [0.1, 0.15) is 84.0 Å². The maximum Gasteiger partial charge on any atom is 0.330 e. The summed E-state index contributed by atoms with van der Waals surface area (Å²) in [6.07, 6.45) is 16.9. The van der Waals surface area contributed by atoms with Gasteiger partial charge in [-0.2, -0.15) is 0 Å².